The Balaban J connectivity index is -0.000000355. The van der Waals surface area contributed by atoms with E-state index in [-0.39, 0.29) is 213 Å². The van der Waals surface area contributed by atoms with Crippen molar-refractivity contribution < 1.29 is 135 Å². The van der Waals surface area contributed by atoms with Crippen molar-refractivity contribution in [3.8, 4) is 0 Å². The van der Waals surface area contributed by atoms with Crippen molar-refractivity contribution >= 4 is 112 Å². The van der Waals surface area contributed by atoms with Crippen LogP contribution >= 0.6 is 0 Å². The van der Waals surface area contributed by atoms with E-state index in [1.165, 1.54) is 0 Å². The van der Waals surface area contributed by atoms with Crippen LogP contribution in [0.1, 0.15) is 198 Å². The molecule has 0 spiro atoms. The molecule has 9 amide bonds. The number of benzene rings is 2. The number of esters is 1. The Morgan fingerprint density at radius 3 is 0.908 bits per heavy atom. The molecule has 0 atom stereocenters. The van der Waals surface area contributed by atoms with Gasteiger partial charge in [-0.15, -0.1) is 0 Å². The Morgan fingerprint density at radius 2 is 0.631 bits per heavy atom. The second-order valence-corrected chi connectivity index (χ2v) is 30.3. The zero-order valence-corrected chi connectivity index (χ0v) is 76.1. The summed E-state index contributed by atoms with van der Waals surface area (Å²) in [6.07, 6.45) is -0.961. The number of alkyl carbamates (subject to hydrolysis) is 5. The first kappa shape index (κ1) is 125. The van der Waals surface area contributed by atoms with Crippen molar-refractivity contribution in [2.24, 2.45) is 32.5 Å². The number of nitrogens with zero attached hydrogens (tertiary/aromatic N) is 9. The van der Waals surface area contributed by atoms with E-state index in [9.17, 15) is 95.5 Å². The van der Waals surface area contributed by atoms with E-state index in [1.807, 2.05) is 60.7 Å². The van der Waals surface area contributed by atoms with Gasteiger partial charge in [-0.05, 0) is 130 Å². The summed E-state index contributed by atoms with van der Waals surface area (Å²) < 4.78 is 45.4. The Labute approximate surface area is 755 Å². The Hall–Kier alpha value is -13.5. The van der Waals surface area contributed by atoms with E-state index in [4.69, 9.17) is 73.8 Å². The lowest BCUT2D eigenvalue weighted by Gasteiger charge is -2.19. The summed E-state index contributed by atoms with van der Waals surface area (Å²) in [4.78, 5) is 219. The molecule has 0 aliphatic heterocycles. The first-order valence-corrected chi connectivity index (χ1v) is 40.5. The number of Topliss-reactive ketones (excluding diaryl/α,β-unsaturated/α-hetero) is 7. The summed E-state index contributed by atoms with van der Waals surface area (Å²) in [5.74, 6) is -5.18. The number of hydrogen-bond acceptors (Lipinski definition) is 31. The molecular formula is C81H132FN21O27. The van der Waals surface area contributed by atoms with E-state index in [0.717, 1.165) is 11.1 Å². The number of carboxylic acids is 2. The molecule has 48 nitrogen and oxygen atoms in total. The minimum absolute atomic E-state index is 0.00149. The van der Waals surface area contributed by atoms with Crippen LogP contribution in [0.15, 0.2) is 76.0 Å². The first-order chi connectivity index (χ1) is 61.3. The van der Waals surface area contributed by atoms with Gasteiger partial charge in [-0.2, -0.15) is 0 Å². The molecule has 2 aromatic rings. The molecule has 17 N–H and O–H groups in total. The van der Waals surface area contributed by atoms with Crippen LogP contribution in [0.4, 0.5) is 28.4 Å². The second-order valence-electron chi connectivity index (χ2n) is 30.3. The van der Waals surface area contributed by atoms with Crippen molar-refractivity contribution in [2.45, 2.75) is 221 Å². The van der Waals surface area contributed by atoms with Gasteiger partial charge in [0.1, 0.15) is 59.5 Å². The zero-order chi connectivity index (χ0) is 101. The number of amides is 9. The summed E-state index contributed by atoms with van der Waals surface area (Å²) in [7, 11) is -1.00. The maximum Gasteiger partial charge on any atom is 0.408 e. The molecule has 0 radical (unpaired) electrons. The normalized spacial score (nSPS) is 10.1. The molecule has 0 heterocycles. The van der Waals surface area contributed by atoms with Crippen molar-refractivity contribution in [1.82, 2.24) is 47.9 Å². The number of carboxylic acid groups (broad SMARTS) is 2. The highest BCUT2D eigenvalue weighted by Gasteiger charge is 2.22. The molecule has 2 aromatic carbocycles. The van der Waals surface area contributed by atoms with Gasteiger partial charge in [0, 0.05) is 138 Å². The molecule has 130 heavy (non-hydrogen) atoms. The fourth-order valence-electron chi connectivity index (χ4n) is 7.94. The number of rotatable bonds is 50. The SMILES string of the molecule is CC(C)(C)OC(=O)NCC(=O)CCC(=O)NCCCC(=O)CN=[N+]=[N-].CC(C)(C)OC(=O)NCC(=O)CCC(=O)NCCCC(=O)OCc1ccccc1.CC(C)(C)OC(=O)NCC(=O)CCC(=O)NCCN.CC(C)(C)OC(=O)NCC(=O)CCC(=O)O.NCCNC(=O)OCc1ccccc1.[2H]CF.[N-]=[N+]=NCC(=O)CCCNC(=O)CCC(=O)CN.[N-]=[N+]=NCC(=O)O. The number of hydrogen-bond donors (Lipinski definition) is 14. The molecule has 0 saturated heterocycles. The standard InChI is InChI=1S/C21H30N2O6.C15H25N5O5.C12H23N3O4.C10H17N5O3.C10H14N2O2.C10H17NO5.C2H3N3O2.CH3F/c1-21(2,3)29-20(27)23-14-17(24)11-12-18(25)22-13-7-10-19(26)28-15-16-8-5-4-6-9-16;1-15(2,3)25-14(24)18-9-12(22)6-7-13(23)17-8-4-5-11(21)10-19-20-16;1-12(2,3)19-11(18)15-8-9(16)4-5-10(17)14-7-6-13;11-6-8(16)3-4-10(18)13-5-1-2-9(17)7-14-15-12;11-6-7-12-10(13)14-8-9-4-2-1-3-5-9;1-10(2,3)16-9(15)11-6-7(12)4-5-8(13)14;3-5-4-1-2(6)7;1-2/h4-6,8-9H,7,10-15H2,1-3H3,(H,22,25)(H,23,27);4-10H2,1-3H3,(H,17,23)(H,18,24);4-8,13H2,1-3H3,(H,14,17)(H,15,18);1-7,11H2,(H,13,18);1-5H,6-8,11H2,(H,12,13);4-6H2,1-3H3,(H,11,15)(H,13,14);1H2,(H,6,7);1H3/i;;;;;;;1D. The third-order valence-electron chi connectivity index (χ3n) is 13.7. The van der Waals surface area contributed by atoms with Gasteiger partial charge in [0.05, 0.1) is 60.8 Å². The van der Waals surface area contributed by atoms with Gasteiger partial charge in [-0.1, -0.05) is 76.0 Å². The van der Waals surface area contributed by atoms with Gasteiger partial charge in [0.15, 0.2) is 23.1 Å². The summed E-state index contributed by atoms with van der Waals surface area (Å²) >= 11 is 0. The molecule has 730 valence electrons. The fraction of sp³-hybridized carbons (Fsp3) is 0.617. The smallest absolute Gasteiger partial charge is 0.408 e. The van der Waals surface area contributed by atoms with E-state index in [1.54, 1.807) is 83.1 Å². The van der Waals surface area contributed by atoms with Crippen molar-refractivity contribution in [3.63, 3.8) is 0 Å². The number of ether oxygens (including phenoxy) is 6. The summed E-state index contributed by atoms with van der Waals surface area (Å²) in [6, 6.07) is 18.9. The quantitative estimate of drug-likeness (QED) is 0.00797. The minimum Gasteiger partial charge on any atom is -0.481 e. The van der Waals surface area contributed by atoms with Crippen LogP contribution in [0.25, 0.3) is 31.3 Å². The highest BCUT2D eigenvalue weighted by atomic mass is 19.1. The van der Waals surface area contributed by atoms with Gasteiger partial charge < -0.3 is 104 Å². The first-order valence-electron chi connectivity index (χ1n) is 41.2. The van der Waals surface area contributed by atoms with Crippen LogP contribution in [0, 0.1) is 0 Å². The van der Waals surface area contributed by atoms with E-state index in [0.29, 0.717) is 65.1 Å². The Kier molecular flexibility index (Phi) is 77.0. The Morgan fingerprint density at radius 1 is 0.354 bits per heavy atom. The maximum atomic E-state index is 11.7. The maximum absolute atomic E-state index is 11.7. The van der Waals surface area contributed by atoms with Crippen LogP contribution in [0.5, 0.6) is 0 Å². The second kappa shape index (κ2) is 80.1. The zero-order valence-electron chi connectivity index (χ0n) is 77.1. The number of nitrogens with two attached hydrogens (primary N) is 3. The van der Waals surface area contributed by atoms with Gasteiger partial charge in [0.2, 0.25) is 23.6 Å². The third-order valence-corrected chi connectivity index (χ3v) is 13.7. The summed E-state index contributed by atoms with van der Waals surface area (Å²) in [5, 5.41) is 47.3. The Bertz CT molecular complexity index is 3940. The molecular weight excluding hydrogens is 1720 g/mol. The number of carbonyl (C=O) groups is 19. The number of halogens is 1. The molecule has 0 unspecified atom stereocenters. The van der Waals surface area contributed by atoms with Crippen LogP contribution in [0.3, 0.4) is 0 Å². The van der Waals surface area contributed by atoms with Gasteiger partial charge >= 0.3 is 48.4 Å². The van der Waals surface area contributed by atoms with Gasteiger partial charge in [-0.3, -0.25) is 71.5 Å². The van der Waals surface area contributed by atoms with Crippen molar-refractivity contribution in [3.05, 3.63) is 103 Å². The van der Waals surface area contributed by atoms with Crippen LogP contribution < -0.4 is 65.1 Å². The lowest BCUT2D eigenvalue weighted by molar-refractivity contribution is -0.145. The van der Waals surface area contributed by atoms with Crippen LogP contribution in [0.2, 0.25) is 0 Å². The predicted octanol–water partition coefficient (Wildman–Crippen LogP) is 6.93. The number of carbonyl (C=O) groups excluding carboxylic acids is 17. The van der Waals surface area contributed by atoms with Crippen LogP contribution in [-0.2, 0) is 109 Å². The van der Waals surface area contributed by atoms with E-state index >= 15 is 0 Å². The molecule has 0 bridgehead atoms. The highest BCUT2D eigenvalue weighted by molar-refractivity contribution is 5.91. The number of azide groups is 3. The van der Waals surface area contributed by atoms with Crippen LogP contribution in [-0.4, -0.2) is 250 Å². The molecule has 0 aromatic heterocycles. The number of nitrogens with one attached hydrogen (secondary N) is 9. The molecule has 49 heteroatoms. The minimum atomic E-state index is -1.11. The molecule has 0 fully saturated rings. The largest absolute Gasteiger partial charge is 0.481 e. The number of alkyl halides is 1. The molecule has 0 aliphatic carbocycles. The predicted molar refractivity (Wildman–Crippen MR) is 470 cm³/mol. The molecule has 0 saturated carbocycles. The lowest BCUT2D eigenvalue weighted by atomic mass is 10.2. The average molecular weight is 1850 g/mol. The topological polar surface area (TPSA) is 753 Å². The molecule has 2 rings (SSSR count). The number of ketones is 7. The van der Waals surface area contributed by atoms with Crippen molar-refractivity contribution in [1.29, 1.82) is 0 Å². The van der Waals surface area contributed by atoms with Gasteiger partial charge in [0.25, 0.3) is 0 Å². The number of aliphatic carboxylic acids is 2. The monoisotopic (exact) mass is 1850 g/mol. The van der Waals surface area contributed by atoms with E-state index in [2.05, 4.69) is 77.9 Å². The highest BCUT2D eigenvalue weighted by Crippen LogP contribution is 2.11. The summed E-state index contributed by atoms with van der Waals surface area (Å²) in [5.41, 5.74) is 38.5. The third kappa shape index (κ3) is 102. The average Bonchev–Trinajstić information content (AvgIpc) is 0.952. The summed E-state index contributed by atoms with van der Waals surface area (Å²) in [6.45, 7) is 22.1. The fourth-order valence-corrected chi connectivity index (χ4v) is 7.94. The molecule has 0 aliphatic rings. The van der Waals surface area contributed by atoms with Crippen molar-refractivity contribution in [2.75, 3.05) is 105 Å². The lowest BCUT2D eigenvalue weighted by Crippen LogP contribution is -2.36. The van der Waals surface area contributed by atoms with E-state index < -0.39 is 78.5 Å². The van der Waals surface area contributed by atoms with Gasteiger partial charge in [-0.25, -0.2) is 24.0 Å².